The molecule has 2 aromatic carbocycles. The Hall–Kier alpha value is -2.61. The number of carbonyl (C=O) groups excluding carboxylic acids is 2. The van der Waals surface area contributed by atoms with Crippen LogP contribution in [0.4, 0.5) is 4.39 Å². The van der Waals surface area contributed by atoms with Crippen molar-refractivity contribution in [3.63, 3.8) is 0 Å². The van der Waals surface area contributed by atoms with Gasteiger partial charge in [-0.2, -0.15) is 0 Å². The molecule has 0 aliphatic carbocycles. The van der Waals surface area contributed by atoms with Gasteiger partial charge in [0, 0.05) is 10.0 Å². The molecule has 0 fully saturated rings. The third kappa shape index (κ3) is 5.18. The molecule has 132 valence electrons. The van der Waals surface area contributed by atoms with Crippen LogP contribution in [0.5, 0.6) is 11.5 Å². The van der Waals surface area contributed by atoms with E-state index in [-0.39, 0.29) is 11.3 Å². The van der Waals surface area contributed by atoms with E-state index in [1.165, 1.54) is 26.2 Å². The number of methoxy groups -OCH3 is 1. The highest BCUT2D eigenvalue weighted by Crippen LogP contribution is 2.19. The van der Waals surface area contributed by atoms with Gasteiger partial charge < -0.3 is 9.47 Å². The van der Waals surface area contributed by atoms with Crippen LogP contribution in [0.25, 0.3) is 0 Å². The van der Waals surface area contributed by atoms with Gasteiger partial charge in [0.1, 0.15) is 5.75 Å². The fourth-order valence-electron chi connectivity index (χ4n) is 1.90. The Labute approximate surface area is 152 Å². The molecule has 1 atom stereocenters. The van der Waals surface area contributed by atoms with Crippen LogP contribution in [-0.4, -0.2) is 25.0 Å². The molecule has 2 aromatic rings. The number of amides is 2. The highest BCUT2D eigenvalue weighted by Gasteiger charge is 2.16. The monoisotopic (exact) mass is 410 g/mol. The maximum Gasteiger partial charge on any atom is 0.279 e. The van der Waals surface area contributed by atoms with Crippen LogP contribution in [0.2, 0.25) is 0 Å². The second-order valence-corrected chi connectivity index (χ2v) is 5.93. The van der Waals surface area contributed by atoms with E-state index in [9.17, 15) is 14.0 Å². The van der Waals surface area contributed by atoms with Gasteiger partial charge in [-0.3, -0.25) is 20.4 Å². The van der Waals surface area contributed by atoms with Crippen molar-refractivity contribution in [3.8, 4) is 11.5 Å². The van der Waals surface area contributed by atoms with E-state index in [0.717, 1.165) is 10.5 Å². The molecule has 0 aromatic heterocycles. The minimum atomic E-state index is -0.845. The molecule has 25 heavy (non-hydrogen) atoms. The van der Waals surface area contributed by atoms with E-state index in [4.69, 9.17) is 9.47 Å². The normalized spacial score (nSPS) is 11.4. The minimum absolute atomic E-state index is 0.0247. The van der Waals surface area contributed by atoms with Crippen molar-refractivity contribution in [2.24, 2.45) is 0 Å². The molecule has 0 spiro atoms. The zero-order chi connectivity index (χ0) is 18.4. The van der Waals surface area contributed by atoms with Crippen LogP contribution >= 0.6 is 15.9 Å². The lowest BCUT2D eigenvalue weighted by atomic mass is 10.2. The quantitative estimate of drug-likeness (QED) is 0.743. The third-order valence-electron chi connectivity index (χ3n) is 3.19. The Morgan fingerprint density at radius 3 is 2.56 bits per heavy atom. The molecule has 0 heterocycles. The Balaban J connectivity index is 1.90. The lowest BCUT2D eigenvalue weighted by Gasteiger charge is -2.15. The molecule has 0 aliphatic rings. The summed E-state index contributed by atoms with van der Waals surface area (Å²) in [5.41, 5.74) is 4.48. The number of hydrogen-bond donors (Lipinski definition) is 2. The summed E-state index contributed by atoms with van der Waals surface area (Å²) >= 11 is 3.30. The maximum atomic E-state index is 13.6. The van der Waals surface area contributed by atoms with E-state index < -0.39 is 23.7 Å². The molecule has 0 bridgehead atoms. The second kappa shape index (κ2) is 8.48. The van der Waals surface area contributed by atoms with Crippen LogP contribution < -0.4 is 20.3 Å². The summed E-state index contributed by atoms with van der Waals surface area (Å²) in [6, 6.07) is 10.7. The first kappa shape index (κ1) is 18.7. The number of hydrogen-bond acceptors (Lipinski definition) is 4. The van der Waals surface area contributed by atoms with Gasteiger partial charge in [0.2, 0.25) is 0 Å². The smallest absolute Gasteiger partial charge is 0.279 e. The lowest BCUT2D eigenvalue weighted by molar-refractivity contribution is -0.128. The van der Waals surface area contributed by atoms with Gasteiger partial charge in [0.25, 0.3) is 11.8 Å². The first-order valence-corrected chi connectivity index (χ1v) is 8.06. The van der Waals surface area contributed by atoms with E-state index in [1.54, 1.807) is 18.2 Å². The first-order valence-electron chi connectivity index (χ1n) is 7.26. The molecule has 2 N–H and O–H groups in total. The molecule has 0 unspecified atom stereocenters. The number of rotatable bonds is 5. The standard InChI is InChI=1S/C17H16BrFN2O4/c1-10(25-13-5-3-4-12(18)9-13)16(22)20-21-17(23)11-6-7-15(24-2)14(19)8-11/h3-10H,1-2H3,(H,20,22)(H,21,23)/t10-/m0/s1. The maximum absolute atomic E-state index is 13.6. The SMILES string of the molecule is COc1ccc(C(=O)NNC(=O)[C@H](C)Oc2cccc(Br)c2)cc1F. The van der Waals surface area contributed by atoms with Crippen LogP contribution in [0.15, 0.2) is 46.9 Å². The van der Waals surface area contributed by atoms with Crippen molar-refractivity contribution in [1.82, 2.24) is 10.9 Å². The van der Waals surface area contributed by atoms with Crippen molar-refractivity contribution in [1.29, 1.82) is 0 Å². The Bertz CT molecular complexity index is 785. The van der Waals surface area contributed by atoms with Gasteiger partial charge in [-0.05, 0) is 43.3 Å². The van der Waals surface area contributed by atoms with Crippen LogP contribution in [0.3, 0.4) is 0 Å². The highest BCUT2D eigenvalue weighted by molar-refractivity contribution is 9.10. The molecule has 8 heteroatoms. The number of ether oxygens (including phenoxy) is 2. The van der Waals surface area contributed by atoms with E-state index in [0.29, 0.717) is 5.75 Å². The number of halogens is 2. The fraction of sp³-hybridized carbons (Fsp3) is 0.176. The number of hydrazine groups is 1. The van der Waals surface area contributed by atoms with E-state index in [1.807, 2.05) is 6.07 Å². The Morgan fingerprint density at radius 1 is 1.16 bits per heavy atom. The minimum Gasteiger partial charge on any atom is -0.494 e. The van der Waals surface area contributed by atoms with E-state index in [2.05, 4.69) is 26.8 Å². The van der Waals surface area contributed by atoms with Gasteiger partial charge in [-0.15, -0.1) is 0 Å². The third-order valence-corrected chi connectivity index (χ3v) is 3.68. The van der Waals surface area contributed by atoms with Crippen molar-refractivity contribution in [2.75, 3.05) is 7.11 Å². The number of carbonyl (C=O) groups is 2. The van der Waals surface area contributed by atoms with Crippen molar-refractivity contribution in [3.05, 3.63) is 58.3 Å². The molecule has 2 rings (SSSR count). The molecular weight excluding hydrogens is 395 g/mol. The molecule has 0 radical (unpaired) electrons. The zero-order valence-corrected chi connectivity index (χ0v) is 15.1. The topological polar surface area (TPSA) is 76.7 Å². The van der Waals surface area contributed by atoms with Gasteiger partial charge in [0.15, 0.2) is 17.7 Å². The summed E-state index contributed by atoms with van der Waals surface area (Å²) in [7, 11) is 1.32. The average molecular weight is 411 g/mol. The summed E-state index contributed by atoms with van der Waals surface area (Å²) in [5, 5.41) is 0. The Morgan fingerprint density at radius 2 is 1.92 bits per heavy atom. The summed E-state index contributed by atoms with van der Waals surface area (Å²) in [6.45, 7) is 1.54. The van der Waals surface area contributed by atoms with Gasteiger partial charge in [-0.1, -0.05) is 22.0 Å². The number of nitrogens with one attached hydrogen (secondary N) is 2. The van der Waals surface area contributed by atoms with Crippen LogP contribution in [-0.2, 0) is 4.79 Å². The van der Waals surface area contributed by atoms with Crippen LogP contribution in [0, 0.1) is 5.82 Å². The average Bonchev–Trinajstić information content (AvgIpc) is 2.59. The summed E-state index contributed by atoms with van der Waals surface area (Å²) < 4.78 is 24.7. The molecule has 2 amide bonds. The molecule has 0 saturated heterocycles. The molecular formula is C17H16BrFN2O4. The first-order chi connectivity index (χ1) is 11.9. The van der Waals surface area contributed by atoms with E-state index >= 15 is 0 Å². The zero-order valence-electron chi connectivity index (χ0n) is 13.5. The fourth-order valence-corrected chi connectivity index (χ4v) is 2.28. The van der Waals surface area contributed by atoms with Gasteiger partial charge >= 0.3 is 0 Å². The van der Waals surface area contributed by atoms with Crippen LogP contribution in [0.1, 0.15) is 17.3 Å². The van der Waals surface area contributed by atoms with Crippen molar-refractivity contribution >= 4 is 27.7 Å². The lowest BCUT2D eigenvalue weighted by Crippen LogP contribution is -2.47. The predicted octanol–water partition coefficient (Wildman–Crippen LogP) is 2.83. The van der Waals surface area contributed by atoms with Crippen molar-refractivity contribution in [2.45, 2.75) is 13.0 Å². The largest absolute Gasteiger partial charge is 0.494 e. The molecule has 0 saturated carbocycles. The predicted molar refractivity (Wildman–Crippen MR) is 92.8 cm³/mol. The Kier molecular flexibility index (Phi) is 6.35. The molecule has 6 nitrogen and oxygen atoms in total. The highest BCUT2D eigenvalue weighted by atomic mass is 79.9. The van der Waals surface area contributed by atoms with Crippen molar-refractivity contribution < 1.29 is 23.5 Å². The second-order valence-electron chi connectivity index (χ2n) is 5.01. The summed E-state index contributed by atoms with van der Waals surface area (Å²) in [5.74, 6) is -1.36. The van der Waals surface area contributed by atoms with Gasteiger partial charge in [-0.25, -0.2) is 4.39 Å². The summed E-state index contributed by atoms with van der Waals surface area (Å²) in [6.07, 6.45) is -0.845. The summed E-state index contributed by atoms with van der Waals surface area (Å²) in [4.78, 5) is 23.9. The molecule has 0 aliphatic heterocycles. The number of benzene rings is 2. The van der Waals surface area contributed by atoms with Gasteiger partial charge in [0.05, 0.1) is 7.11 Å².